The Balaban J connectivity index is 2.30. The largest absolute Gasteiger partial charge is 0.429 e. The van der Waals surface area contributed by atoms with Crippen LogP contribution in [0.25, 0.3) is 0 Å². The summed E-state index contributed by atoms with van der Waals surface area (Å²) in [5, 5.41) is 9.55. The van der Waals surface area contributed by atoms with Crippen LogP contribution in [0.2, 0.25) is 0 Å². The lowest BCUT2D eigenvalue weighted by Crippen LogP contribution is -2.24. The number of aliphatic hydroxyl groups is 1. The summed E-state index contributed by atoms with van der Waals surface area (Å²) in [5.41, 5.74) is 2.76. The molecule has 5 nitrogen and oxygen atoms in total. The molecule has 0 aromatic rings. The summed E-state index contributed by atoms with van der Waals surface area (Å²) in [6.45, 7) is 9.70. The van der Waals surface area contributed by atoms with Gasteiger partial charge in [-0.3, -0.25) is 4.79 Å². The molecule has 168 valence electrons. The Hall–Kier alpha value is -2.01. The topological polar surface area (TPSA) is 80.7 Å². The predicted octanol–water partition coefficient (Wildman–Crippen LogP) is 5.38. The van der Waals surface area contributed by atoms with Gasteiger partial charge in [-0.15, -0.1) is 0 Å². The number of carbonyl (C=O) groups excluding carboxylic acids is 3. The minimum Gasteiger partial charge on any atom is -0.429 e. The zero-order chi connectivity index (χ0) is 22.7. The highest BCUT2D eigenvalue weighted by Crippen LogP contribution is 2.27. The molecule has 0 fully saturated rings. The van der Waals surface area contributed by atoms with Crippen molar-refractivity contribution in [1.82, 2.24) is 0 Å². The molecule has 0 amide bonds. The molecule has 0 saturated carbocycles. The fraction of sp³-hybridized carbons (Fsp3) is 0.640. The smallest absolute Gasteiger partial charge is 0.333 e. The highest BCUT2D eigenvalue weighted by atomic mass is 16.6. The molecule has 0 saturated heterocycles. The van der Waals surface area contributed by atoms with Crippen molar-refractivity contribution in [2.24, 2.45) is 5.41 Å². The van der Waals surface area contributed by atoms with E-state index in [1.54, 1.807) is 6.92 Å². The molecule has 0 aromatic carbocycles. The maximum Gasteiger partial charge on any atom is 0.333 e. The third-order valence-electron chi connectivity index (χ3n) is 5.64. The van der Waals surface area contributed by atoms with Crippen molar-refractivity contribution in [3.8, 4) is 0 Å². The fourth-order valence-corrected chi connectivity index (χ4v) is 3.44. The number of ketones is 2. The number of aliphatic hydroxyl groups excluding tert-OH is 1. The number of hydrogen-bond acceptors (Lipinski definition) is 5. The van der Waals surface area contributed by atoms with Gasteiger partial charge in [0.05, 0.1) is 0 Å². The fourth-order valence-electron chi connectivity index (χ4n) is 3.44. The molecule has 1 atom stereocenters. The van der Waals surface area contributed by atoms with Gasteiger partial charge in [0.1, 0.15) is 11.6 Å². The van der Waals surface area contributed by atoms with E-state index in [-0.39, 0.29) is 17.0 Å². The Kier molecular flexibility index (Phi) is 11.0. The van der Waals surface area contributed by atoms with Crippen LogP contribution in [0.3, 0.4) is 0 Å². The Morgan fingerprint density at radius 3 is 2.27 bits per heavy atom. The van der Waals surface area contributed by atoms with Crippen molar-refractivity contribution < 1.29 is 24.2 Å². The van der Waals surface area contributed by atoms with Crippen LogP contribution in [0.5, 0.6) is 0 Å². The van der Waals surface area contributed by atoms with Gasteiger partial charge in [-0.1, -0.05) is 37.1 Å². The number of carbonyl (C=O) groups is 3. The second kappa shape index (κ2) is 12.6. The van der Waals surface area contributed by atoms with Crippen LogP contribution in [-0.2, 0) is 19.1 Å². The molecule has 0 aromatic heterocycles. The molecule has 1 heterocycles. The summed E-state index contributed by atoms with van der Waals surface area (Å²) < 4.78 is 4.67. The first-order chi connectivity index (χ1) is 14.0. The Bertz CT molecular complexity index is 709. The van der Waals surface area contributed by atoms with Crippen LogP contribution in [0.15, 0.2) is 34.9 Å². The van der Waals surface area contributed by atoms with E-state index in [2.05, 4.69) is 30.7 Å². The second-order valence-corrected chi connectivity index (χ2v) is 9.05. The third-order valence-corrected chi connectivity index (χ3v) is 5.64. The number of allylic oxidation sites excluding steroid dienone is 4. The van der Waals surface area contributed by atoms with E-state index in [1.165, 1.54) is 17.2 Å². The van der Waals surface area contributed by atoms with E-state index in [0.29, 0.717) is 24.8 Å². The van der Waals surface area contributed by atoms with Gasteiger partial charge in [0.25, 0.3) is 0 Å². The van der Waals surface area contributed by atoms with Gasteiger partial charge in [-0.2, -0.15) is 0 Å². The summed E-state index contributed by atoms with van der Waals surface area (Å²) in [6.07, 6.45) is 11.3. The average molecular weight is 419 g/mol. The van der Waals surface area contributed by atoms with Gasteiger partial charge >= 0.3 is 5.97 Å². The predicted molar refractivity (Wildman–Crippen MR) is 119 cm³/mol. The molecular formula is C25H38O5. The highest BCUT2D eigenvalue weighted by molar-refractivity contribution is 5.85. The molecule has 0 radical (unpaired) electrons. The minimum absolute atomic E-state index is 0.179. The summed E-state index contributed by atoms with van der Waals surface area (Å²) in [4.78, 5) is 34.7. The van der Waals surface area contributed by atoms with Crippen LogP contribution in [-0.4, -0.2) is 28.9 Å². The van der Waals surface area contributed by atoms with Crippen molar-refractivity contribution in [3.63, 3.8) is 0 Å². The molecule has 1 aliphatic heterocycles. The van der Waals surface area contributed by atoms with Crippen LogP contribution in [0.1, 0.15) is 92.4 Å². The van der Waals surface area contributed by atoms with Crippen LogP contribution < -0.4 is 0 Å². The van der Waals surface area contributed by atoms with E-state index in [9.17, 15) is 19.5 Å². The van der Waals surface area contributed by atoms with E-state index in [0.717, 1.165) is 38.5 Å². The van der Waals surface area contributed by atoms with Crippen LogP contribution in [0, 0.1) is 5.41 Å². The van der Waals surface area contributed by atoms with Gasteiger partial charge in [0, 0.05) is 29.9 Å². The lowest BCUT2D eigenvalue weighted by Gasteiger charge is -2.23. The lowest BCUT2D eigenvalue weighted by atomic mass is 9.80. The summed E-state index contributed by atoms with van der Waals surface area (Å²) in [6, 6.07) is 0. The molecule has 1 aliphatic rings. The molecule has 0 spiro atoms. The van der Waals surface area contributed by atoms with Gasteiger partial charge in [0.15, 0.2) is 0 Å². The first-order valence-electron chi connectivity index (χ1n) is 10.9. The Morgan fingerprint density at radius 1 is 1.03 bits per heavy atom. The number of ether oxygens (including phenoxy) is 1. The number of rotatable bonds is 14. The van der Waals surface area contributed by atoms with Crippen LogP contribution >= 0.6 is 0 Å². The normalized spacial score (nSPS) is 17.7. The third kappa shape index (κ3) is 10.1. The molecule has 0 unspecified atom stereocenters. The van der Waals surface area contributed by atoms with Crippen LogP contribution in [0.4, 0.5) is 0 Å². The Morgan fingerprint density at radius 2 is 1.67 bits per heavy atom. The van der Waals surface area contributed by atoms with E-state index >= 15 is 0 Å². The van der Waals surface area contributed by atoms with Gasteiger partial charge in [0.2, 0.25) is 6.29 Å². The molecule has 1 N–H and O–H groups in total. The summed E-state index contributed by atoms with van der Waals surface area (Å²) >= 11 is 0. The number of cyclic esters (lactones) is 1. The number of esters is 1. The molecular weight excluding hydrogens is 380 g/mol. The van der Waals surface area contributed by atoms with Gasteiger partial charge in [-0.05, 0) is 65.7 Å². The van der Waals surface area contributed by atoms with E-state index < -0.39 is 12.3 Å². The zero-order valence-corrected chi connectivity index (χ0v) is 19.3. The first-order valence-corrected chi connectivity index (χ1v) is 10.9. The summed E-state index contributed by atoms with van der Waals surface area (Å²) in [7, 11) is 0. The number of hydrogen-bond donors (Lipinski definition) is 1. The van der Waals surface area contributed by atoms with Crippen molar-refractivity contribution in [2.45, 2.75) is 98.7 Å². The first kappa shape index (κ1) is 26.0. The standard InChI is InChI=1S/C25H38O5/c1-18(11-7-13-21-17-23(28)30-24(21)29)9-6-10-19(2)14-15-22(27)25(4,5)16-8-12-20(3)26/h10-11,17,24,29H,6-9,12-16H2,1-5H3/b18-11+,19-10+/t24-/m0/s1. The monoisotopic (exact) mass is 418 g/mol. The lowest BCUT2D eigenvalue weighted by molar-refractivity contribution is -0.151. The van der Waals surface area contributed by atoms with E-state index in [4.69, 9.17) is 0 Å². The molecule has 0 bridgehead atoms. The quantitative estimate of drug-likeness (QED) is 0.303. The average Bonchev–Trinajstić information content (AvgIpc) is 2.96. The Labute approximate surface area is 181 Å². The zero-order valence-electron chi connectivity index (χ0n) is 19.3. The van der Waals surface area contributed by atoms with Gasteiger partial charge < -0.3 is 14.6 Å². The molecule has 5 heteroatoms. The molecule has 30 heavy (non-hydrogen) atoms. The number of Topliss-reactive ketones (excluding diaryl/α,β-unsaturated/α-hetero) is 2. The highest BCUT2D eigenvalue weighted by Gasteiger charge is 2.26. The second-order valence-electron chi connectivity index (χ2n) is 9.05. The maximum absolute atomic E-state index is 12.5. The summed E-state index contributed by atoms with van der Waals surface area (Å²) in [5.74, 6) is -0.0313. The van der Waals surface area contributed by atoms with Crippen molar-refractivity contribution in [3.05, 3.63) is 34.9 Å². The minimum atomic E-state index is -1.08. The SMILES string of the molecule is CC(=O)CCCC(C)(C)C(=O)CC/C(C)=C/CC/C(C)=C/CCC1=CC(=O)O[C@@H]1O. The van der Waals surface area contributed by atoms with Crippen molar-refractivity contribution >= 4 is 17.5 Å². The van der Waals surface area contributed by atoms with Crippen molar-refractivity contribution in [1.29, 1.82) is 0 Å². The maximum atomic E-state index is 12.5. The van der Waals surface area contributed by atoms with E-state index in [1.807, 2.05) is 13.8 Å². The molecule has 0 aliphatic carbocycles. The van der Waals surface area contributed by atoms with Crippen molar-refractivity contribution in [2.75, 3.05) is 0 Å². The van der Waals surface area contributed by atoms with Gasteiger partial charge in [-0.25, -0.2) is 4.79 Å². The molecule has 1 rings (SSSR count).